The summed E-state index contributed by atoms with van der Waals surface area (Å²) in [4.78, 5) is 8.83. The Hall–Kier alpha value is -1.37. The van der Waals surface area contributed by atoms with Crippen molar-refractivity contribution in [3.05, 3.63) is 11.9 Å². The predicted molar refractivity (Wildman–Crippen MR) is 83.0 cm³/mol. The molecular weight excluding hydrogens is 276 g/mol. The Morgan fingerprint density at radius 2 is 1.65 bits per heavy atom. The summed E-state index contributed by atoms with van der Waals surface area (Å²) < 4.78 is 22.2. The van der Waals surface area contributed by atoms with Crippen molar-refractivity contribution in [3.63, 3.8) is 0 Å². The topological polar surface area (TPSA) is 84.0 Å². The van der Waals surface area contributed by atoms with Gasteiger partial charge in [0.05, 0.1) is 5.75 Å². The minimum absolute atomic E-state index is 0.0951. The Bertz CT molecular complexity index is 517. The second-order valence-electron chi connectivity index (χ2n) is 4.79. The minimum Gasteiger partial charge on any atom is -0.370 e. The van der Waals surface area contributed by atoms with Crippen LogP contribution in [0.2, 0.25) is 0 Å². The highest BCUT2D eigenvalue weighted by atomic mass is 32.2. The fourth-order valence-corrected chi connectivity index (χ4v) is 2.10. The van der Waals surface area contributed by atoms with Gasteiger partial charge in [0, 0.05) is 31.8 Å². The van der Waals surface area contributed by atoms with E-state index >= 15 is 0 Å². The normalized spacial score (nSPS) is 11.3. The Labute approximate surface area is 121 Å². The van der Waals surface area contributed by atoms with Crippen molar-refractivity contribution in [2.24, 2.45) is 0 Å². The summed E-state index contributed by atoms with van der Waals surface area (Å²) in [5, 5.41) is 6.28. The first kappa shape index (κ1) is 16.7. The van der Waals surface area contributed by atoms with Gasteiger partial charge in [0.25, 0.3) is 0 Å². The summed E-state index contributed by atoms with van der Waals surface area (Å²) in [7, 11) is -2.96. The third kappa shape index (κ3) is 6.70. The van der Waals surface area contributed by atoms with Crippen molar-refractivity contribution in [3.8, 4) is 0 Å². The van der Waals surface area contributed by atoms with Crippen molar-refractivity contribution >= 4 is 21.5 Å². The number of hydrogen-bond donors (Lipinski definition) is 2. The van der Waals surface area contributed by atoms with Gasteiger partial charge in [-0.3, -0.25) is 0 Å². The summed E-state index contributed by atoms with van der Waals surface area (Å²) >= 11 is 0. The first-order valence-electron chi connectivity index (χ1n) is 6.98. The van der Waals surface area contributed by atoms with Crippen molar-refractivity contribution in [2.45, 2.75) is 33.1 Å². The van der Waals surface area contributed by atoms with E-state index in [2.05, 4.69) is 34.4 Å². The molecule has 1 aromatic heterocycles. The van der Waals surface area contributed by atoms with E-state index in [-0.39, 0.29) is 5.75 Å². The summed E-state index contributed by atoms with van der Waals surface area (Å²) in [5.41, 5.74) is 0. The average Bonchev–Trinajstić information content (AvgIpc) is 2.35. The Kier molecular flexibility index (Phi) is 6.70. The summed E-state index contributed by atoms with van der Waals surface area (Å²) in [5.74, 6) is 2.32. The number of nitrogens with zero attached hydrogens (tertiary/aromatic N) is 2. The van der Waals surface area contributed by atoms with Gasteiger partial charge in [-0.15, -0.1) is 0 Å². The molecule has 0 aliphatic heterocycles. The monoisotopic (exact) mass is 300 g/mol. The first-order valence-corrected chi connectivity index (χ1v) is 9.04. The molecule has 0 saturated carbocycles. The molecule has 0 aliphatic rings. The zero-order chi connectivity index (χ0) is 15.0. The average molecular weight is 300 g/mol. The number of aromatic nitrogens is 2. The molecule has 6 nitrogen and oxygen atoms in total. The van der Waals surface area contributed by atoms with Gasteiger partial charge in [-0.1, -0.05) is 13.8 Å². The van der Waals surface area contributed by atoms with Crippen LogP contribution in [0.4, 0.5) is 11.6 Å². The second-order valence-corrected chi connectivity index (χ2v) is 7.05. The number of sulfone groups is 1. The molecule has 0 saturated heterocycles. The van der Waals surface area contributed by atoms with E-state index in [1.165, 1.54) is 6.26 Å². The lowest BCUT2D eigenvalue weighted by Gasteiger charge is -2.10. The molecule has 0 aromatic carbocycles. The standard InChI is InChI=1S/C13H24N4O2S/c1-4-6-11-16-12(14-7-5-2)10-13(17-11)15-8-9-20(3,18)19/h10H,4-9H2,1-3H3,(H2,14,15,16,17). The van der Waals surface area contributed by atoms with E-state index in [1.807, 2.05) is 6.07 Å². The molecule has 1 rings (SSSR count). The van der Waals surface area contributed by atoms with Crippen LogP contribution in [0.5, 0.6) is 0 Å². The third-order valence-electron chi connectivity index (χ3n) is 2.58. The van der Waals surface area contributed by atoms with Gasteiger partial charge in [-0.2, -0.15) is 0 Å². The van der Waals surface area contributed by atoms with Gasteiger partial charge in [-0.25, -0.2) is 18.4 Å². The smallest absolute Gasteiger partial charge is 0.149 e. The molecule has 114 valence electrons. The molecule has 0 amide bonds. The fraction of sp³-hybridized carbons (Fsp3) is 0.692. The Morgan fingerprint density at radius 1 is 1.05 bits per heavy atom. The van der Waals surface area contributed by atoms with Crippen LogP contribution in [0.15, 0.2) is 6.07 Å². The highest BCUT2D eigenvalue weighted by Gasteiger charge is 2.06. The summed E-state index contributed by atoms with van der Waals surface area (Å²) in [6.45, 7) is 5.37. The molecule has 0 radical (unpaired) electrons. The molecule has 0 bridgehead atoms. The van der Waals surface area contributed by atoms with Gasteiger partial charge in [0.2, 0.25) is 0 Å². The molecule has 0 spiro atoms. The van der Waals surface area contributed by atoms with Crippen molar-refractivity contribution in [1.29, 1.82) is 0 Å². The van der Waals surface area contributed by atoms with Gasteiger partial charge in [-0.05, 0) is 12.8 Å². The van der Waals surface area contributed by atoms with Crippen molar-refractivity contribution in [2.75, 3.05) is 35.7 Å². The van der Waals surface area contributed by atoms with Crippen LogP contribution in [0, 0.1) is 0 Å². The van der Waals surface area contributed by atoms with Crippen LogP contribution >= 0.6 is 0 Å². The van der Waals surface area contributed by atoms with E-state index in [9.17, 15) is 8.42 Å². The van der Waals surface area contributed by atoms with Gasteiger partial charge in [0.1, 0.15) is 27.3 Å². The number of hydrogen-bond acceptors (Lipinski definition) is 6. The molecule has 0 fully saturated rings. The molecule has 1 aromatic rings. The molecule has 0 unspecified atom stereocenters. The predicted octanol–water partition coefficient (Wildman–Crippen LogP) is 1.71. The second kappa shape index (κ2) is 8.04. The zero-order valence-electron chi connectivity index (χ0n) is 12.4. The highest BCUT2D eigenvalue weighted by molar-refractivity contribution is 7.90. The number of rotatable bonds is 9. The lowest BCUT2D eigenvalue weighted by atomic mass is 10.3. The number of aryl methyl sites for hydroxylation is 1. The largest absolute Gasteiger partial charge is 0.370 e. The SMILES string of the molecule is CCCNc1cc(NCCS(C)(=O)=O)nc(CCC)n1. The maximum absolute atomic E-state index is 11.1. The Balaban J connectivity index is 2.74. The Morgan fingerprint density at radius 3 is 2.15 bits per heavy atom. The number of nitrogens with one attached hydrogen (secondary N) is 2. The van der Waals surface area contributed by atoms with Gasteiger partial charge in [0.15, 0.2) is 0 Å². The minimum atomic E-state index is -2.96. The summed E-state index contributed by atoms with van der Waals surface area (Å²) in [6.07, 6.45) is 4.03. The van der Waals surface area contributed by atoms with Crippen LogP contribution in [0.1, 0.15) is 32.5 Å². The quantitative estimate of drug-likeness (QED) is 0.722. The van der Waals surface area contributed by atoms with Crippen LogP contribution < -0.4 is 10.6 Å². The highest BCUT2D eigenvalue weighted by Crippen LogP contribution is 2.12. The fourth-order valence-electron chi connectivity index (χ4n) is 1.63. The van der Waals surface area contributed by atoms with Crippen molar-refractivity contribution < 1.29 is 8.42 Å². The van der Waals surface area contributed by atoms with Gasteiger partial charge < -0.3 is 10.6 Å². The molecule has 2 N–H and O–H groups in total. The maximum Gasteiger partial charge on any atom is 0.149 e. The lowest BCUT2D eigenvalue weighted by molar-refractivity contribution is 0.602. The maximum atomic E-state index is 11.1. The van der Waals surface area contributed by atoms with E-state index < -0.39 is 9.84 Å². The van der Waals surface area contributed by atoms with E-state index in [0.717, 1.165) is 37.4 Å². The molecule has 0 aliphatic carbocycles. The third-order valence-corrected chi connectivity index (χ3v) is 3.53. The van der Waals surface area contributed by atoms with Crippen molar-refractivity contribution in [1.82, 2.24) is 9.97 Å². The first-order chi connectivity index (χ1) is 9.44. The van der Waals surface area contributed by atoms with E-state index in [4.69, 9.17) is 0 Å². The number of anilines is 2. The molecule has 0 atom stereocenters. The van der Waals surface area contributed by atoms with Gasteiger partial charge >= 0.3 is 0 Å². The van der Waals surface area contributed by atoms with E-state index in [1.54, 1.807) is 0 Å². The van der Waals surface area contributed by atoms with Crippen LogP contribution in [0.25, 0.3) is 0 Å². The molecule has 20 heavy (non-hydrogen) atoms. The van der Waals surface area contributed by atoms with E-state index in [0.29, 0.717) is 12.4 Å². The van der Waals surface area contributed by atoms with Crippen LogP contribution in [0.3, 0.4) is 0 Å². The van der Waals surface area contributed by atoms with Crippen LogP contribution in [-0.2, 0) is 16.3 Å². The molecule has 1 heterocycles. The molecule has 7 heteroatoms. The van der Waals surface area contributed by atoms with Crippen LogP contribution in [-0.4, -0.2) is 43.5 Å². The molecular formula is C13H24N4O2S. The summed E-state index contributed by atoms with van der Waals surface area (Å²) in [6, 6.07) is 1.82. The zero-order valence-corrected chi connectivity index (χ0v) is 13.3. The lowest BCUT2D eigenvalue weighted by Crippen LogP contribution is -2.16.